The summed E-state index contributed by atoms with van der Waals surface area (Å²) in [5.41, 5.74) is 2.95. The van der Waals surface area contributed by atoms with E-state index in [4.69, 9.17) is 4.74 Å². The number of methoxy groups -OCH3 is 1. The molecule has 2 aromatic carbocycles. The number of benzene rings is 2. The lowest BCUT2D eigenvalue weighted by Gasteiger charge is -2.22. The minimum Gasteiger partial charge on any atom is -0.465 e. The first-order chi connectivity index (χ1) is 12.6. The zero-order chi connectivity index (χ0) is 18.5. The number of anilines is 2. The molecule has 1 aliphatic heterocycles. The topological polar surface area (TPSA) is 58.6 Å². The van der Waals surface area contributed by atoms with Gasteiger partial charge in [0.2, 0.25) is 5.91 Å². The Balaban J connectivity index is 1.81. The van der Waals surface area contributed by atoms with Crippen LogP contribution in [0.3, 0.4) is 0 Å². The molecule has 5 nitrogen and oxygen atoms in total. The number of hydrogen-bond acceptors (Lipinski definition) is 4. The molecule has 0 atom stereocenters. The fraction of sp³-hybridized carbons (Fsp3) is 0.300. The molecule has 1 saturated heterocycles. The Kier molecular flexibility index (Phi) is 5.93. The largest absolute Gasteiger partial charge is 0.465 e. The molecule has 1 fully saturated rings. The molecule has 136 valence electrons. The van der Waals surface area contributed by atoms with Crippen molar-refractivity contribution in [1.29, 1.82) is 0 Å². The summed E-state index contributed by atoms with van der Waals surface area (Å²) in [5, 5.41) is 2.97. The minimum absolute atomic E-state index is 0.116. The van der Waals surface area contributed by atoms with Crippen LogP contribution in [-0.4, -0.2) is 32.1 Å². The Bertz CT molecular complexity index is 799. The van der Waals surface area contributed by atoms with Crippen LogP contribution in [0.5, 0.6) is 0 Å². The van der Waals surface area contributed by atoms with Crippen molar-refractivity contribution in [3.8, 4) is 0 Å². The van der Waals surface area contributed by atoms with Crippen molar-refractivity contribution in [3.63, 3.8) is 0 Å². The molecule has 1 amide bonds. The lowest BCUT2D eigenvalue weighted by Crippen LogP contribution is -2.22. The second-order valence-corrected chi connectivity index (χ2v) is 7.18. The maximum Gasteiger partial charge on any atom is 0.337 e. The molecule has 0 aliphatic carbocycles. The van der Waals surface area contributed by atoms with Gasteiger partial charge >= 0.3 is 5.97 Å². The Morgan fingerprint density at radius 3 is 2.46 bits per heavy atom. The molecule has 0 saturated carbocycles. The fourth-order valence-electron chi connectivity index (χ4n) is 3.10. The van der Waals surface area contributed by atoms with E-state index < -0.39 is 5.97 Å². The van der Waals surface area contributed by atoms with Crippen molar-refractivity contribution in [2.75, 3.05) is 30.4 Å². The lowest BCUT2D eigenvalue weighted by atomic mass is 10.1. The zero-order valence-electron chi connectivity index (χ0n) is 14.6. The SMILES string of the molecule is COC(=O)c1ccc(N2CCCC2)c(NC(=O)Cc2ccc(Br)cc2)c1. The van der Waals surface area contributed by atoms with Crippen LogP contribution < -0.4 is 10.2 Å². The van der Waals surface area contributed by atoms with E-state index in [0.29, 0.717) is 11.3 Å². The smallest absolute Gasteiger partial charge is 0.337 e. The van der Waals surface area contributed by atoms with Gasteiger partial charge in [-0.25, -0.2) is 4.79 Å². The fourth-order valence-corrected chi connectivity index (χ4v) is 3.36. The van der Waals surface area contributed by atoms with E-state index in [0.717, 1.165) is 41.7 Å². The molecule has 1 N–H and O–H groups in total. The van der Waals surface area contributed by atoms with Gasteiger partial charge < -0.3 is 15.0 Å². The van der Waals surface area contributed by atoms with E-state index in [1.165, 1.54) is 7.11 Å². The quantitative estimate of drug-likeness (QED) is 0.747. The minimum atomic E-state index is -0.415. The van der Waals surface area contributed by atoms with Crippen LogP contribution >= 0.6 is 15.9 Å². The average molecular weight is 417 g/mol. The number of carbonyl (C=O) groups is 2. The molecular formula is C20H21BrN2O3. The first kappa shape index (κ1) is 18.5. The summed E-state index contributed by atoms with van der Waals surface area (Å²) in [4.78, 5) is 26.6. The first-order valence-electron chi connectivity index (χ1n) is 8.58. The molecule has 6 heteroatoms. The van der Waals surface area contributed by atoms with Crippen molar-refractivity contribution >= 4 is 39.2 Å². The summed E-state index contributed by atoms with van der Waals surface area (Å²) < 4.78 is 5.77. The lowest BCUT2D eigenvalue weighted by molar-refractivity contribution is -0.115. The molecule has 0 spiro atoms. The van der Waals surface area contributed by atoms with Crippen molar-refractivity contribution < 1.29 is 14.3 Å². The van der Waals surface area contributed by atoms with Gasteiger partial charge in [-0.1, -0.05) is 28.1 Å². The van der Waals surface area contributed by atoms with Gasteiger partial charge in [0.1, 0.15) is 0 Å². The normalized spacial score (nSPS) is 13.5. The highest BCUT2D eigenvalue weighted by molar-refractivity contribution is 9.10. The van der Waals surface area contributed by atoms with E-state index >= 15 is 0 Å². The highest BCUT2D eigenvalue weighted by Gasteiger charge is 2.19. The van der Waals surface area contributed by atoms with Crippen LogP contribution in [-0.2, 0) is 16.0 Å². The van der Waals surface area contributed by atoms with E-state index in [1.54, 1.807) is 12.1 Å². The number of nitrogens with one attached hydrogen (secondary N) is 1. The van der Waals surface area contributed by atoms with E-state index in [1.807, 2.05) is 30.3 Å². The highest BCUT2D eigenvalue weighted by Crippen LogP contribution is 2.30. The number of ether oxygens (including phenoxy) is 1. The van der Waals surface area contributed by atoms with Gasteiger partial charge in [0, 0.05) is 17.6 Å². The molecule has 3 rings (SSSR count). The van der Waals surface area contributed by atoms with E-state index in [-0.39, 0.29) is 12.3 Å². The predicted molar refractivity (Wildman–Crippen MR) is 106 cm³/mol. The van der Waals surface area contributed by atoms with Gasteiger partial charge in [-0.3, -0.25) is 4.79 Å². The second kappa shape index (κ2) is 8.36. The number of amides is 1. The Morgan fingerprint density at radius 2 is 1.81 bits per heavy atom. The number of halogens is 1. The number of hydrogen-bond donors (Lipinski definition) is 1. The van der Waals surface area contributed by atoms with Gasteiger partial charge in [-0.15, -0.1) is 0 Å². The standard InChI is InChI=1S/C20H21BrN2O3/c1-26-20(25)15-6-9-18(23-10-2-3-11-23)17(13-15)22-19(24)12-14-4-7-16(21)8-5-14/h4-9,13H,2-3,10-12H2,1H3,(H,22,24). The van der Waals surface area contributed by atoms with Gasteiger partial charge in [-0.05, 0) is 48.7 Å². The summed E-state index contributed by atoms with van der Waals surface area (Å²) in [7, 11) is 1.35. The maximum absolute atomic E-state index is 12.5. The molecule has 26 heavy (non-hydrogen) atoms. The zero-order valence-corrected chi connectivity index (χ0v) is 16.2. The van der Waals surface area contributed by atoms with Crippen LogP contribution in [0.25, 0.3) is 0 Å². The van der Waals surface area contributed by atoms with Crippen molar-refractivity contribution in [2.45, 2.75) is 19.3 Å². The van der Waals surface area contributed by atoms with E-state index in [9.17, 15) is 9.59 Å². The van der Waals surface area contributed by atoms with Crippen LogP contribution in [0.2, 0.25) is 0 Å². The summed E-state index contributed by atoms with van der Waals surface area (Å²) >= 11 is 3.39. The molecule has 2 aromatic rings. The van der Waals surface area contributed by atoms with Crippen molar-refractivity contribution in [1.82, 2.24) is 0 Å². The molecule has 0 bridgehead atoms. The monoisotopic (exact) mass is 416 g/mol. The third-order valence-corrected chi connectivity index (χ3v) is 4.95. The molecule has 0 aromatic heterocycles. The summed E-state index contributed by atoms with van der Waals surface area (Å²) in [5.74, 6) is -0.531. The Labute approximate surface area is 161 Å². The van der Waals surface area contributed by atoms with E-state index in [2.05, 4.69) is 26.1 Å². The predicted octanol–water partition coefficient (Wildman–Crippen LogP) is 4.02. The van der Waals surface area contributed by atoms with Crippen LogP contribution in [0.4, 0.5) is 11.4 Å². The Hall–Kier alpha value is -2.34. The number of esters is 1. The molecule has 1 aliphatic rings. The number of rotatable bonds is 5. The summed E-state index contributed by atoms with van der Waals surface area (Å²) in [6, 6.07) is 13.0. The molecule has 0 radical (unpaired) electrons. The molecular weight excluding hydrogens is 396 g/mol. The van der Waals surface area contributed by atoms with Gasteiger partial charge in [0.15, 0.2) is 0 Å². The third-order valence-electron chi connectivity index (χ3n) is 4.42. The maximum atomic E-state index is 12.5. The summed E-state index contributed by atoms with van der Waals surface area (Å²) in [6.07, 6.45) is 2.53. The Morgan fingerprint density at radius 1 is 1.12 bits per heavy atom. The van der Waals surface area contributed by atoms with Gasteiger partial charge in [0.25, 0.3) is 0 Å². The van der Waals surface area contributed by atoms with Gasteiger partial charge in [-0.2, -0.15) is 0 Å². The highest BCUT2D eigenvalue weighted by atomic mass is 79.9. The molecule has 1 heterocycles. The first-order valence-corrected chi connectivity index (χ1v) is 9.38. The summed E-state index contributed by atoms with van der Waals surface area (Å²) in [6.45, 7) is 1.90. The number of carbonyl (C=O) groups excluding carboxylic acids is 2. The van der Waals surface area contributed by atoms with Crippen LogP contribution in [0.15, 0.2) is 46.9 Å². The van der Waals surface area contributed by atoms with Crippen LogP contribution in [0.1, 0.15) is 28.8 Å². The second-order valence-electron chi connectivity index (χ2n) is 6.27. The van der Waals surface area contributed by atoms with Gasteiger partial charge in [0.05, 0.1) is 30.5 Å². The molecule has 0 unspecified atom stereocenters. The van der Waals surface area contributed by atoms with Crippen molar-refractivity contribution in [3.05, 3.63) is 58.1 Å². The third kappa shape index (κ3) is 4.43. The number of nitrogens with zero attached hydrogens (tertiary/aromatic N) is 1. The average Bonchev–Trinajstić information content (AvgIpc) is 3.17. The van der Waals surface area contributed by atoms with Crippen LogP contribution in [0, 0.1) is 0 Å². The van der Waals surface area contributed by atoms with Crippen molar-refractivity contribution in [2.24, 2.45) is 0 Å².